The molecule has 20 heavy (non-hydrogen) atoms. The molecule has 1 aromatic carbocycles. The lowest BCUT2D eigenvalue weighted by atomic mass is 10.1. The summed E-state index contributed by atoms with van der Waals surface area (Å²) in [6.45, 7) is 7.53. The van der Waals surface area contributed by atoms with Crippen molar-refractivity contribution in [1.29, 1.82) is 0 Å². The monoisotopic (exact) mass is 271 g/mol. The number of carbonyl (C=O) groups is 1. The summed E-state index contributed by atoms with van der Waals surface area (Å²) in [4.78, 5) is 11.8. The molecule has 0 aliphatic carbocycles. The number of hydrogen-bond acceptors (Lipinski definition) is 2. The summed E-state index contributed by atoms with van der Waals surface area (Å²) in [7, 11) is 0. The molecule has 1 aromatic heterocycles. The van der Waals surface area contributed by atoms with E-state index in [1.54, 1.807) is 0 Å². The Labute approximate surface area is 119 Å². The van der Waals surface area contributed by atoms with Crippen LogP contribution in [-0.4, -0.2) is 22.2 Å². The summed E-state index contributed by atoms with van der Waals surface area (Å²) in [6.07, 6.45) is 0.946. The number of hydrogen-bond donors (Lipinski definition) is 1. The van der Waals surface area contributed by atoms with Crippen molar-refractivity contribution in [3.8, 4) is 0 Å². The number of rotatable bonds is 5. The Balaban J connectivity index is 2.05. The minimum Gasteiger partial charge on any atom is -0.352 e. The maximum absolute atomic E-state index is 11.8. The molecule has 0 aliphatic rings. The highest BCUT2D eigenvalue weighted by atomic mass is 16.1. The topological polar surface area (TPSA) is 46.9 Å². The van der Waals surface area contributed by atoms with Crippen LogP contribution in [-0.2, 0) is 6.54 Å². The predicted molar refractivity (Wildman–Crippen MR) is 79.9 cm³/mol. The van der Waals surface area contributed by atoms with Gasteiger partial charge in [0.2, 0.25) is 0 Å². The molecule has 2 rings (SSSR count). The molecule has 1 N–H and O–H groups in total. The van der Waals surface area contributed by atoms with Crippen molar-refractivity contribution in [3.05, 3.63) is 52.8 Å². The second kappa shape index (κ2) is 6.37. The average molecular weight is 271 g/mol. The number of nitrogens with one attached hydrogen (secondary N) is 1. The molecule has 0 fully saturated rings. The van der Waals surface area contributed by atoms with Gasteiger partial charge in [0.15, 0.2) is 0 Å². The summed E-state index contributed by atoms with van der Waals surface area (Å²) < 4.78 is 1.97. The number of nitrogens with zero attached hydrogens (tertiary/aromatic N) is 2. The molecule has 4 nitrogen and oxygen atoms in total. The van der Waals surface area contributed by atoms with Gasteiger partial charge in [-0.15, -0.1) is 0 Å². The summed E-state index contributed by atoms with van der Waals surface area (Å²) >= 11 is 0. The lowest BCUT2D eigenvalue weighted by Crippen LogP contribution is -2.23. The van der Waals surface area contributed by atoms with Gasteiger partial charge < -0.3 is 5.32 Å². The second-order valence-corrected chi connectivity index (χ2v) is 5.04. The Morgan fingerprint density at radius 1 is 1.25 bits per heavy atom. The fourth-order valence-corrected chi connectivity index (χ4v) is 2.11. The quantitative estimate of drug-likeness (QED) is 0.909. The van der Waals surface area contributed by atoms with Crippen molar-refractivity contribution in [2.24, 2.45) is 0 Å². The number of aryl methyl sites for hydroxylation is 2. The molecule has 0 saturated carbocycles. The zero-order valence-electron chi connectivity index (χ0n) is 12.3. The normalized spacial score (nSPS) is 10.6. The molecule has 0 atom stereocenters. The van der Waals surface area contributed by atoms with E-state index in [1.807, 2.05) is 49.7 Å². The molecular weight excluding hydrogens is 250 g/mol. The molecule has 0 saturated heterocycles. The van der Waals surface area contributed by atoms with Crippen LogP contribution in [0.25, 0.3) is 0 Å². The fraction of sp³-hybridized carbons (Fsp3) is 0.375. The van der Waals surface area contributed by atoms with E-state index >= 15 is 0 Å². The van der Waals surface area contributed by atoms with Gasteiger partial charge in [-0.05, 0) is 44.0 Å². The molecule has 0 bridgehead atoms. The average Bonchev–Trinajstić information content (AvgIpc) is 2.75. The van der Waals surface area contributed by atoms with Gasteiger partial charge in [0, 0.05) is 17.8 Å². The highest BCUT2D eigenvalue weighted by molar-refractivity contribution is 5.94. The fourth-order valence-electron chi connectivity index (χ4n) is 2.11. The van der Waals surface area contributed by atoms with Crippen LogP contribution in [0.2, 0.25) is 0 Å². The zero-order valence-corrected chi connectivity index (χ0v) is 12.3. The second-order valence-electron chi connectivity index (χ2n) is 5.04. The molecule has 0 radical (unpaired) electrons. The van der Waals surface area contributed by atoms with E-state index in [-0.39, 0.29) is 5.91 Å². The Morgan fingerprint density at radius 3 is 2.50 bits per heavy atom. The third kappa shape index (κ3) is 3.47. The molecule has 0 spiro atoms. The molecular formula is C16H21N3O. The predicted octanol–water partition coefficient (Wildman–Crippen LogP) is 2.69. The molecule has 4 heteroatoms. The Kier molecular flexibility index (Phi) is 4.56. The first-order valence-corrected chi connectivity index (χ1v) is 6.98. The first-order chi connectivity index (χ1) is 9.60. The highest BCUT2D eigenvalue weighted by Gasteiger charge is 2.05. The molecule has 0 unspecified atom stereocenters. The van der Waals surface area contributed by atoms with Gasteiger partial charge in [0.05, 0.1) is 12.2 Å². The minimum atomic E-state index is -0.00971. The lowest BCUT2D eigenvalue weighted by Gasteiger charge is -2.07. The van der Waals surface area contributed by atoms with Crippen LogP contribution in [0.3, 0.4) is 0 Å². The molecule has 2 aromatic rings. The van der Waals surface area contributed by atoms with Crippen molar-refractivity contribution in [3.63, 3.8) is 0 Å². The summed E-state index contributed by atoms with van der Waals surface area (Å²) in [5.41, 5.74) is 4.02. The number of benzene rings is 1. The van der Waals surface area contributed by atoms with Crippen LogP contribution in [0.15, 0.2) is 30.3 Å². The zero-order chi connectivity index (χ0) is 14.5. The van der Waals surface area contributed by atoms with Gasteiger partial charge in [-0.25, -0.2) is 0 Å². The maximum Gasteiger partial charge on any atom is 0.251 e. The number of amides is 1. The van der Waals surface area contributed by atoms with Crippen LogP contribution < -0.4 is 5.32 Å². The highest BCUT2D eigenvalue weighted by Crippen LogP contribution is 2.09. The Hall–Kier alpha value is -2.10. The standard InChI is InChI=1S/C16H21N3O/c1-4-9-17-16(20)15-7-5-14(6-8-15)11-19-13(3)10-12(2)18-19/h5-8,10H,4,9,11H2,1-3H3,(H,17,20). The van der Waals surface area contributed by atoms with Gasteiger partial charge in [-0.1, -0.05) is 19.1 Å². The van der Waals surface area contributed by atoms with Gasteiger partial charge in [-0.3, -0.25) is 9.48 Å². The summed E-state index contributed by atoms with van der Waals surface area (Å²) in [5.74, 6) is -0.00971. The molecule has 1 amide bonds. The van der Waals surface area contributed by atoms with Crippen molar-refractivity contribution in [2.45, 2.75) is 33.7 Å². The van der Waals surface area contributed by atoms with Crippen LogP contribution >= 0.6 is 0 Å². The summed E-state index contributed by atoms with van der Waals surface area (Å²) in [6, 6.07) is 9.76. The molecule has 1 heterocycles. The van der Waals surface area contributed by atoms with E-state index in [4.69, 9.17) is 0 Å². The smallest absolute Gasteiger partial charge is 0.251 e. The van der Waals surface area contributed by atoms with Crippen molar-refractivity contribution < 1.29 is 4.79 Å². The first kappa shape index (κ1) is 14.3. The van der Waals surface area contributed by atoms with E-state index in [9.17, 15) is 4.79 Å². The van der Waals surface area contributed by atoms with Crippen molar-refractivity contribution in [2.75, 3.05) is 6.54 Å². The third-order valence-corrected chi connectivity index (χ3v) is 3.19. The largest absolute Gasteiger partial charge is 0.352 e. The van der Waals surface area contributed by atoms with Crippen LogP contribution in [0.1, 0.15) is 40.7 Å². The number of carbonyl (C=O) groups excluding carboxylic acids is 1. The lowest BCUT2D eigenvalue weighted by molar-refractivity contribution is 0.0953. The van der Waals surface area contributed by atoms with Gasteiger partial charge >= 0.3 is 0 Å². The number of aromatic nitrogens is 2. The minimum absolute atomic E-state index is 0.00971. The molecule has 106 valence electrons. The van der Waals surface area contributed by atoms with Gasteiger partial charge in [0.1, 0.15) is 0 Å². The van der Waals surface area contributed by atoms with Gasteiger partial charge in [-0.2, -0.15) is 5.10 Å². The Morgan fingerprint density at radius 2 is 1.95 bits per heavy atom. The first-order valence-electron chi connectivity index (χ1n) is 6.98. The van der Waals surface area contributed by atoms with E-state index in [0.717, 1.165) is 29.9 Å². The van der Waals surface area contributed by atoms with Crippen molar-refractivity contribution in [1.82, 2.24) is 15.1 Å². The molecule has 0 aliphatic heterocycles. The maximum atomic E-state index is 11.8. The Bertz CT molecular complexity index is 584. The summed E-state index contributed by atoms with van der Waals surface area (Å²) in [5, 5.41) is 7.31. The van der Waals surface area contributed by atoms with Crippen LogP contribution in [0, 0.1) is 13.8 Å². The SMILES string of the molecule is CCCNC(=O)c1ccc(Cn2nc(C)cc2C)cc1. The van der Waals surface area contributed by atoms with E-state index in [2.05, 4.69) is 16.5 Å². The van der Waals surface area contributed by atoms with Crippen LogP contribution in [0.5, 0.6) is 0 Å². The third-order valence-electron chi connectivity index (χ3n) is 3.19. The van der Waals surface area contributed by atoms with E-state index in [0.29, 0.717) is 12.1 Å². The van der Waals surface area contributed by atoms with Gasteiger partial charge in [0.25, 0.3) is 5.91 Å². The van der Waals surface area contributed by atoms with Crippen LogP contribution in [0.4, 0.5) is 0 Å². The van der Waals surface area contributed by atoms with E-state index in [1.165, 1.54) is 0 Å². The van der Waals surface area contributed by atoms with Crippen molar-refractivity contribution >= 4 is 5.91 Å². The van der Waals surface area contributed by atoms with E-state index < -0.39 is 0 Å².